The molecule has 7 heteroatoms. The SMILES string of the molecule is NNc1cnc(Cn2ccsc2=O)cn1. The van der Waals surface area contributed by atoms with Crippen LogP contribution in [0, 0.1) is 0 Å². The summed E-state index contributed by atoms with van der Waals surface area (Å²) in [6.07, 6.45) is 4.83. The number of nitrogens with one attached hydrogen (secondary N) is 1. The largest absolute Gasteiger partial charge is 0.307 e. The lowest BCUT2D eigenvalue weighted by Gasteiger charge is -2.01. The summed E-state index contributed by atoms with van der Waals surface area (Å²) in [6.45, 7) is 0.431. The average molecular weight is 223 g/mol. The predicted molar refractivity (Wildman–Crippen MR) is 57.5 cm³/mol. The Labute approximate surface area is 89.4 Å². The normalized spacial score (nSPS) is 10.2. The van der Waals surface area contributed by atoms with E-state index in [1.807, 2.05) is 0 Å². The van der Waals surface area contributed by atoms with Crippen molar-refractivity contribution in [1.29, 1.82) is 0 Å². The first-order valence-corrected chi connectivity index (χ1v) is 5.09. The number of nitrogens with two attached hydrogens (primary N) is 1. The van der Waals surface area contributed by atoms with E-state index in [1.165, 1.54) is 6.20 Å². The zero-order valence-electron chi connectivity index (χ0n) is 7.75. The van der Waals surface area contributed by atoms with Crippen molar-refractivity contribution in [3.63, 3.8) is 0 Å². The van der Waals surface area contributed by atoms with Crippen LogP contribution in [0.5, 0.6) is 0 Å². The number of hydrogen-bond donors (Lipinski definition) is 2. The van der Waals surface area contributed by atoms with Crippen LogP contribution in [0.4, 0.5) is 5.82 Å². The van der Waals surface area contributed by atoms with Gasteiger partial charge in [-0.1, -0.05) is 11.3 Å². The Kier molecular flexibility index (Phi) is 2.75. The van der Waals surface area contributed by atoms with E-state index >= 15 is 0 Å². The van der Waals surface area contributed by atoms with Gasteiger partial charge >= 0.3 is 4.87 Å². The minimum atomic E-state index is -0.00201. The van der Waals surface area contributed by atoms with Gasteiger partial charge in [-0.3, -0.25) is 14.3 Å². The number of hydrazine groups is 1. The van der Waals surface area contributed by atoms with Crippen LogP contribution in [0.3, 0.4) is 0 Å². The molecule has 0 aliphatic rings. The maximum Gasteiger partial charge on any atom is 0.307 e. The van der Waals surface area contributed by atoms with Crippen LogP contribution in [-0.4, -0.2) is 14.5 Å². The van der Waals surface area contributed by atoms with Gasteiger partial charge in [0.25, 0.3) is 0 Å². The van der Waals surface area contributed by atoms with Crippen LogP contribution in [0.2, 0.25) is 0 Å². The molecule has 2 aromatic rings. The molecule has 0 radical (unpaired) electrons. The highest BCUT2D eigenvalue weighted by molar-refractivity contribution is 7.07. The van der Waals surface area contributed by atoms with Crippen molar-refractivity contribution in [2.75, 3.05) is 5.43 Å². The van der Waals surface area contributed by atoms with Gasteiger partial charge in [-0.2, -0.15) is 0 Å². The first kappa shape index (κ1) is 9.81. The summed E-state index contributed by atoms with van der Waals surface area (Å²) in [6, 6.07) is 0. The fraction of sp³-hybridized carbons (Fsp3) is 0.125. The summed E-state index contributed by atoms with van der Waals surface area (Å²) < 4.78 is 1.57. The highest BCUT2D eigenvalue weighted by Gasteiger charge is 2.00. The summed E-state index contributed by atoms with van der Waals surface area (Å²) in [5.74, 6) is 5.65. The zero-order valence-corrected chi connectivity index (χ0v) is 8.57. The summed E-state index contributed by atoms with van der Waals surface area (Å²) in [5.41, 5.74) is 3.10. The van der Waals surface area contributed by atoms with Crippen LogP contribution >= 0.6 is 11.3 Å². The van der Waals surface area contributed by atoms with Gasteiger partial charge in [0.1, 0.15) is 0 Å². The molecule has 0 fully saturated rings. The van der Waals surface area contributed by atoms with Crippen LogP contribution in [0.1, 0.15) is 5.69 Å². The summed E-state index contributed by atoms with van der Waals surface area (Å²) >= 11 is 1.16. The van der Waals surface area contributed by atoms with Gasteiger partial charge in [-0.05, 0) is 0 Å². The van der Waals surface area contributed by atoms with Gasteiger partial charge in [0.2, 0.25) is 0 Å². The van der Waals surface area contributed by atoms with E-state index < -0.39 is 0 Å². The Bertz CT molecular complexity index is 488. The van der Waals surface area contributed by atoms with Gasteiger partial charge in [-0.15, -0.1) is 0 Å². The molecule has 0 aromatic carbocycles. The second-order valence-corrected chi connectivity index (χ2v) is 3.69. The van der Waals surface area contributed by atoms with Crippen molar-refractivity contribution in [3.05, 3.63) is 39.3 Å². The number of hydrogen-bond acceptors (Lipinski definition) is 6. The minimum absolute atomic E-state index is 0.00201. The number of nitrogen functional groups attached to an aromatic ring is 1. The summed E-state index contributed by atoms with van der Waals surface area (Å²) in [4.78, 5) is 19.3. The second kappa shape index (κ2) is 4.20. The molecular formula is C8H9N5OS. The molecule has 2 rings (SSSR count). The Morgan fingerprint density at radius 2 is 2.33 bits per heavy atom. The van der Waals surface area contributed by atoms with Crippen molar-refractivity contribution in [2.24, 2.45) is 5.84 Å². The maximum absolute atomic E-state index is 11.2. The lowest BCUT2D eigenvalue weighted by atomic mass is 10.4. The van der Waals surface area contributed by atoms with Crippen molar-refractivity contribution in [3.8, 4) is 0 Å². The number of nitrogens with zero attached hydrogens (tertiary/aromatic N) is 3. The van der Waals surface area contributed by atoms with Crippen molar-refractivity contribution >= 4 is 17.2 Å². The van der Waals surface area contributed by atoms with Crippen molar-refractivity contribution < 1.29 is 0 Å². The Morgan fingerprint density at radius 3 is 2.87 bits per heavy atom. The van der Waals surface area contributed by atoms with E-state index in [0.29, 0.717) is 12.4 Å². The minimum Gasteiger partial charge on any atom is -0.307 e. The van der Waals surface area contributed by atoms with E-state index in [0.717, 1.165) is 17.0 Å². The maximum atomic E-state index is 11.2. The third kappa shape index (κ3) is 2.20. The van der Waals surface area contributed by atoms with E-state index in [9.17, 15) is 4.79 Å². The fourth-order valence-electron chi connectivity index (χ4n) is 1.09. The van der Waals surface area contributed by atoms with Gasteiger partial charge in [0, 0.05) is 11.6 Å². The van der Waals surface area contributed by atoms with E-state index in [-0.39, 0.29) is 4.87 Å². The molecular weight excluding hydrogens is 214 g/mol. The Morgan fingerprint density at radius 1 is 1.47 bits per heavy atom. The van der Waals surface area contributed by atoms with Crippen molar-refractivity contribution in [2.45, 2.75) is 6.54 Å². The molecule has 2 heterocycles. The third-order valence-electron chi connectivity index (χ3n) is 1.83. The molecule has 0 unspecified atom stereocenters. The van der Waals surface area contributed by atoms with Crippen molar-refractivity contribution in [1.82, 2.24) is 14.5 Å². The van der Waals surface area contributed by atoms with Crippen LogP contribution < -0.4 is 16.1 Å². The van der Waals surface area contributed by atoms with E-state index in [1.54, 1.807) is 22.3 Å². The topological polar surface area (TPSA) is 85.8 Å². The molecule has 0 saturated heterocycles. The van der Waals surface area contributed by atoms with E-state index in [4.69, 9.17) is 5.84 Å². The van der Waals surface area contributed by atoms with E-state index in [2.05, 4.69) is 15.4 Å². The average Bonchev–Trinajstić information content (AvgIpc) is 2.66. The first-order chi connectivity index (χ1) is 7.29. The fourth-order valence-corrected chi connectivity index (χ4v) is 1.68. The lowest BCUT2D eigenvalue weighted by molar-refractivity contribution is 0.756. The van der Waals surface area contributed by atoms with Gasteiger partial charge in [0.15, 0.2) is 5.82 Å². The molecule has 2 aromatic heterocycles. The molecule has 0 aliphatic heterocycles. The van der Waals surface area contributed by atoms with Crippen LogP contribution in [0.25, 0.3) is 0 Å². The second-order valence-electron chi connectivity index (χ2n) is 2.83. The Balaban J connectivity index is 2.18. The number of anilines is 1. The lowest BCUT2D eigenvalue weighted by Crippen LogP contribution is -2.14. The highest BCUT2D eigenvalue weighted by Crippen LogP contribution is 2.01. The molecule has 3 N–H and O–H groups in total. The summed E-state index contributed by atoms with van der Waals surface area (Å²) in [7, 11) is 0. The molecule has 0 saturated carbocycles. The van der Waals surface area contributed by atoms with Crippen LogP contribution in [-0.2, 0) is 6.54 Å². The highest BCUT2D eigenvalue weighted by atomic mass is 32.1. The third-order valence-corrected chi connectivity index (χ3v) is 2.52. The number of thiazole rings is 1. The van der Waals surface area contributed by atoms with Gasteiger partial charge in [-0.25, -0.2) is 10.8 Å². The quantitative estimate of drug-likeness (QED) is 0.566. The smallest absolute Gasteiger partial charge is 0.307 e. The molecule has 0 spiro atoms. The molecule has 0 atom stereocenters. The monoisotopic (exact) mass is 223 g/mol. The zero-order chi connectivity index (χ0) is 10.7. The molecule has 0 amide bonds. The number of rotatable bonds is 3. The molecule has 6 nitrogen and oxygen atoms in total. The Hall–Kier alpha value is -1.73. The van der Waals surface area contributed by atoms with Gasteiger partial charge in [0.05, 0.1) is 24.6 Å². The number of aromatic nitrogens is 3. The molecule has 0 bridgehead atoms. The molecule has 0 aliphatic carbocycles. The summed E-state index contributed by atoms with van der Waals surface area (Å²) in [5, 5.41) is 1.74. The van der Waals surface area contributed by atoms with Crippen LogP contribution in [0.15, 0.2) is 28.8 Å². The molecule has 15 heavy (non-hydrogen) atoms. The predicted octanol–water partition coefficient (Wildman–Crippen LogP) is 0.0337. The van der Waals surface area contributed by atoms with Gasteiger partial charge < -0.3 is 5.43 Å². The first-order valence-electron chi connectivity index (χ1n) is 4.21. The molecule has 78 valence electrons. The standard InChI is InChI=1S/C8H9N5OS/c9-12-7-4-10-6(3-11-7)5-13-1-2-15-8(13)14/h1-4H,5,9H2,(H,11,12).